The largest absolute Gasteiger partial charge is 0.393 e. The summed E-state index contributed by atoms with van der Waals surface area (Å²) in [7, 11) is 0. The molecule has 2 N–H and O–H groups in total. The number of nitrogens with one attached hydrogen (secondary N) is 1. The van der Waals surface area contributed by atoms with Crippen LogP contribution in [0.25, 0.3) is 0 Å². The van der Waals surface area contributed by atoms with Crippen molar-refractivity contribution in [2.75, 3.05) is 6.54 Å². The van der Waals surface area contributed by atoms with Gasteiger partial charge in [0.15, 0.2) is 0 Å². The molecule has 0 aromatic rings. The van der Waals surface area contributed by atoms with Gasteiger partial charge >= 0.3 is 0 Å². The van der Waals surface area contributed by atoms with Crippen LogP contribution < -0.4 is 5.32 Å². The van der Waals surface area contributed by atoms with E-state index in [1.54, 1.807) is 0 Å². The highest BCUT2D eigenvalue weighted by atomic mass is 16.3. The Kier molecular flexibility index (Phi) is 6.26. The molecule has 1 heterocycles. The summed E-state index contributed by atoms with van der Waals surface area (Å²) < 4.78 is 0. The Labute approximate surface area is 180 Å². The Morgan fingerprint density at radius 3 is 2.59 bits per heavy atom. The summed E-state index contributed by atoms with van der Waals surface area (Å²) in [6, 6.07) is 0.482. The maximum Gasteiger partial charge on any atom is 0.0555 e. The summed E-state index contributed by atoms with van der Waals surface area (Å²) in [5, 5.41) is 14.2. The fraction of sp³-hybridized carbons (Fsp3) is 0.926. The van der Waals surface area contributed by atoms with Crippen LogP contribution in [0.5, 0.6) is 0 Å². The van der Waals surface area contributed by atoms with Gasteiger partial charge in [0.2, 0.25) is 0 Å². The maximum absolute atomic E-state index is 10.3. The summed E-state index contributed by atoms with van der Waals surface area (Å²) in [6.45, 7) is 13.6. The fourth-order valence-corrected chi connectivity index (χ4v) is 8.26. The third kappa shape index (κ3) is 3.86. The average Bonchev–Trinajstić information content (AvgIpc) is 2.94. The van der Waals surface area contributed by atoms with Crippen molar-refractivity contribution in [3.63, 3.8) is 0 Å². The molecule has 2 saturated carbocycles. The molecule has 2 heteroatoms. The summed E-state index contributed by atoms with van der Waals surface area (Å²) >= 11 is 0. The third-order valence-electron chi connectivity index (χ3n) is 10.0. The molecule has 7 atom stereocenters. The number of aliphatic hydroxyl groups excluding tert-OH is 1. The standard InChI is InChI=1S/C27H47NO/c1-18(2)7-6-8-19(3)22-9-10-23-21-13-16-28-25-17-20(29)11-14-27(25,5)24(21)12-15-26(22,23)4/h18-20,22-23,25,28-29H,6-17H2,1-5H3/t19-,20+,22-,23+,25?,26-,27-/m1/s1. The van der Waals surface area contributed by atoms with Gasteiger partial charge in [-0.3, -0.25) is 0 Å². The number of aliphatic hydroxyl groups is 1. The molecule has 0 radical (unpaired) electrons. The van der Waals surface area contributed by atoms with E-state index < -0.39 is 0 Å². The van der Waals surface area contributed by atoms with Crippen molar-refractivity contribution in [1.82, 2.24) is 5.32 Å². The molecule has 0 aromatic carbocycles. The summed E-state index contributed by atoms with van der Waals surface area (Å²) in [4.78, 5) is 0. The average molecular weight is 402 g/mol. The lowest BCUT2D eigenvalue weighted by atomic mass is 9.55. The van der Waals surface area contributed by atoms with Gasteiger partial charge in [0.1, 0.15) is 0 Å². The van der Waals surface area contributed by atoms with Crippen LogP contribution in [0, 0.1) is 34.5 Å². The quantitative estimate of drug-likeness (QED) is 0.516. The molecule has 0 bridgehead atoms. The molecule has 2 fully saturated rings. The van der Waals surface area contributed by atoms with Gasteiger partial charge in [0, 0.05) is 11.5 Å². The van der Waals surface area contributed by atoms with Gasteiger partial charge in [-0.1, -0.05) is 65.0 Å². The SMILES string of the molecule is CC(C)CCC[C@@H](C)[C@H]1CC[C@H]2C3=C(CC[C@]12C)[C@@]1(C)CC[C@H](O)CC1NCC3. The smallest absolute Gasteiger partial charge is 0.0555 e. The van der Waals surface area contributed by atoms with Crippen LogP contribution in [0.1, 0.15) is 105 Å². The third-order valence-corrected chi connectivity index (χ3v) is 10.0. The van der Waals surface area contributed by atoms with Gasteiger partial charge in [0.25, 0.3) is 0 Å². The van der Waals surface area contributed by atoms with Gasteiger partial charge in [-0.2, -0.15) is 0 Å². The van der Waals surface area contributed by atoms with Gasteiger partial charge in [-0.05, 0) is 87.0 Å². The van der Waals surface area contributed by atoms with Gasteiger partial charge in [-0.25, -0.2) is 0 Å². The molecule has 0 saturated heterocycles. The lowest BCUT2D eigenvalue weighted by Crippen LogP contribution is -2.50. The molecule has 4 rings (SSSR count). The van der Waals surface area contributed by atoms with Crippen LogP contribution in [0.2, 0.25) is 0 Å². The first-order valence-corrected chi connectivity index (χ1v) is 12.9. The zero-order valence-electron chi connectivity index (χ0n) is 19.9. The lowest BCUT2D eigenvalue weighted by molar-refractivity contribution is 0.0498. The number of hydrogen-bond acceptors (Lipinski definition) is 2. The minimum atomic E-state index is -0.0980. The van der Waals surface area contributed by atoms with Crippen molar-refractivity contribution in [2.24, 2.45) is 34.5 Å². The second-order valence-electron chi connectivity index (χ2n) is 12.2. The van der Waals surface area contributed by atoms with Crippen molar-refractivity contribution < 1.29 is 5.11 Å². The second kappa shape index (κ2) is 8.30. The van der Waals surface area contributed by atoms with E-state index in [1.165, 1.54) is 57.8 Å². The Morgan fingerprint density at radius 1 is 1.03 bits per heavy atom. The van der Waals surface area contributed by atoms with Gasteiger partial charge in [-0.15, -0.1) is 0 Å². The fourth-order valence-electron chi connectivity index (χ4n) is 8.26. The first-order valence-electron chi connectivity index (χ1n) is 12.9. The van der Waals surface area contributed by atoms with Gasteiger partial charge < -0.3 is 10.4 Å². The van der Waals surface area contributed by atoms with Crippen LogP contribution in [-0.2, 0) is 0 Å². The Morgan fingerprint density at radius 2 is 1.83 bits per heavy atom. The predicted octanol–water partition coefficient (Wildman–Crippen LogP) is 6.48. The molecule has 29 heavy (non-hydrogen) atoms. The normalized spacial score (nSPS) is 43.6. The van der Waals surface area contributed by atoms with E-state index in [-0.39, 0.29) is 11.5 Å². The van der Waals surface area contributed by atoms with Crippen LogP contribution in [-0.4, -0.2) is 23.8 Å². The lowest BCUT2D eigenvalue weighted by Gasteiger charge is -2.50. The van der Waals surface area contributed by atoms with Crippen molar-refractivity contribution in [3.05, 3.63) is 11.1 Å². The number of hydrogen-bond donors (Lipinski definition) is 2. The van der Waals surface area contributed by atoms with Crippen LogP contribution >= 0.6 is 0 Å². The molecule has 0 amide bonds. The minimum absolute atomic E-state index is 0.0980. The van der Waals surface area contributed by atoms with E-state index in [9.17, 15) is 5.11 Å². The molecule has 4 aliphatic rings. The van der Waals surface area contributed by atoms with E-state index in [0.717, 1.165) is 43.1 Å². The minimum Gasteiger partial charge on any atom is -0.393 e. The number of fused-ring (bicyclic) bond motifs is 4. The highest BCUT2D eigenvalue weighted by Gasteiger charge is 2.54. The molecule has 1 aliphatic heterocycles. The predicted molar refractivity (Wildman–Crippen MR) is 123 cm³/mol. The van der Waals surface area contributed by atoms with E-state index in [1.807, 2.05) is 11.1 Å². The molecule has 1 unspecified atom stereocenters. The monoisotopic (exact) mass is 401 g/mol. The van der Waals surface area contributed by atoms with Crippen molar-refractivity contribution in [2.45, 2.75) is 117 Å². The molecular weight excluding hydrogens is 354 g/mol. The Hall–Kier alpha value is -0.340. The molecular formula is C27H47NO. The molecule has 2 nitrogen and oxygen atoms in total. The summed E-state index contributed by atoms with van der Waals surface area (Å²) in [6.07, 6.45) is 14.1. The van der Waals surface area contributed by atoms with E-state index >= 15 is 0 Å². The van der Waals surface area contributed by atoms with Crippen LogP contribution in [0.4, 0.5) is 0 Å². The summed E-state index contributed by atoms with van der Waals surface area (Å²) in [5.41, 5.74) is 4.51. The van der Waals surface area contributed by atoms with Crippen molar-refractivity contribution in [1.29, 1.82) is 0 Å². The highest BCUT2D eigenvalue weighted by molar-refractivity contribution is 5.34. The van der Waals surface area contributed by atoms with E-state index in [2.05, 4.69) is 39.9 Å². The van der Waals surface area contributed by atoms with Crippen LogP contribution in [0.3, 0.4) is 0 Å². The maximum atomic E-state index is 10.3. The zero-order valence-corrected chi connectivity index (χ0v) is 19.9. The zero-order chi connectivity index (χ0) is 20.8. The second-order valence-corrected chi connectivity index (χ2v) is 12.2. The Bertz CT molecular complexity index is 624. The van der Waals surface area contributed by atoms with E-state index in [4.69, 9.17) is 0 Å². The molecule has 0 spiro atoms. The topological polar surface area (TPSA) is 32.3 Å². The van der Waals surface area contributed by atoms with Crippen molar-refractivity contribution >= 4 is 0 Å². The van der Waals surface area contributed by atoms with Crippen LogP contribution in [0.15, 0.2) is 11.1 Å². The highest BCUT2D eigenvalue weighted by Crippen LogP contribution is 2.63. The summed E-state index contributed by atoms with van der Waals surface area (Å²) in [5.74, 6) is 3.47. The molecule has 0 aromatic heterocycles. The van der Waals surface area contributed by atoms with Crippen molar-refractivity contribution in [3.8, 4) is 0 Å². The first kappa shape index (κ1) is 21.9. The van der Waals surface area contributed by atoms with E-state index in [0.29, 0.717) is 11.5 Å². The first-order chi connectivity index (χ1) is 13.8. The molecule has 3 aliphatic carbocycles. The van der Waals surface area contributed by atoms with Gasteiger partial charge in [0.05, 0.1) is 6.10 Å². The Balaban J connectivity index is 1.55. The molecule has 166 valence electrons. The number of rotatable bonds is 5.